The van der Waals surface area contributed by atoms with Crippen LogP contribution in [0.2, 0.25) is 0 Å². The van der Waals surface area contributed by atoms with Crippen molar-refractivity contribution >= 4 is 0 Å². The zero-order valence-electron chi connectivity index (χ0n) is 12.7. The molecule has 1 saturated carbocycles. The Balaban J connectivity index is 1.54. The average Bonchev–Trinajstić information content (AvgIpc) is 2.94. The predicted molar refractivity (Wildman–Crippen MR) is 79.9 cm³/mol. The Morgan fingerprint density at radius 1 is 0.800 bits per heavy atom. The second kappa shape index (κ2) is 7.21. The van der Waals surface area contributed by atoms with Crippen molar-refractivity contribution in [1.29, 1.82) is 0 Å². The molecule has 1 aliphatic carbocycles. The van der Waals surface area contributed by atoms with Gasteiger partial charge in [0.05, 0.1) is 19.3 Å². The molecule has 0 amide bonds. The van der Waals surface area contributed by atoms with Gasteiger partial charge < -0.3 is 9.84 Å². The molecule has 116 valence electrons. The van der Waals surface area contributed by atoms with Gasteiger partial charge in [-0.1, -0.05) is 25.7 Å². The summed E-state index contributed by atoms with van der Waals surface area (Å²) in [7, 11) is 0. The molecule has 3 aliphatic rings. The highest BCUT2D eigenvalue weighted by Gasteiger charge is 2.35. The zero-order chi connectivity index (χ0) is 13.8. The molecule has 2 heterocycles. The van der Waals surface area contributed by atoms with Gasteiger partial charge in [-0.15, -0.1) is 0 Å². The van der Waals surface area contributed by atoms with Crippen LogP contribution in [-0.4, -0.2) is 72.5 Å². The number of aliphatic hydroxyl groups excluding tert-OH is 1. The molecule has 0 radical (unpaired) electrons. The van der Waals surface area contributed by atoms with Crippen molar-refractivity contribution < 1.29 is 9.84 Å². The molecule has 20 heavy (non-hydrogen) atoms. The lowest BCUT2D eigenvalue weighted by molar-refractivity contribution is 0.0104. The fourth-order valence-corrected chi connectivity index (χ4v) is 4.18. The SMILES string of the molecule is OC1CCCCCCC1N1CCC(N2CCOCC2)C1. The topological polar surface area (TPSA) is 35.9 Å². The maximum absolute atomic E-state index is 10.5. The van der Waals surface area contributed by atoms with E-state index >= 15 is 0 Å². The summed E-state index contributed by atoms with van der Waals surface area (Å²) in [5, 5.41) is 10.5. The molecule has 3 fully saturated rings. The minimum Gasteiger partial charge on any atom is -0.391 e. The smallest absolute Gasteiger partial charge is 0.0695 e. The minimum atomic E-state index is -0.0984. The third-order valence-electron chi connectivity index (χ3n) is 5.42. The van der Waals surface area contributed by atoms with Gasteiger partial charge in [-0.3, -0.25) is 9.80 Å². The van der Waals surface area contributed by atoms with Crippen molar-refractivity contribution in [2.45, 2.75) is 63.1 Å². The monoisotopic (exact) mass is 282 g/mol. The van der Waals surface area contributed by atoms with Gasteiger partial charge in [-0.2, -0.15) is 0 Å². The molecule has 4 heteroatoms. The second-order valence-electron chi connectivity index (χ2n) is 6.71. The molecular weight excluding hydrogens is 252 g/mol. The molecule has 3 rings (SSSR count). The van der Waals surface area contributed by atoms with E-state index < -0.39 is 0 Å². The average molecular weight is 282 g/mol. The van der Waals surface area contributed by atoms with Crippen LogP contribution in [-0.2, 0) is 4.74 Å². The lowest BCUT2D eigenvalue weighted by Crippen LogP contribution is -2.47. The van der Waals surface area contributed by atoms with Gasteiger partial charge in [0.25, 0.3) is 0 Å². The number of hydrogen-bond donors (Lipinski definition) is 1. The second-order valence-corrected chi connectivity index (χ2v) is 6.71. The van der Waals surface area contributed by atoms with Crippen LogP contribution < -0.4 is 0 Å². The van der Waals surface area contributed by atoms with E-state index in [9.17, 15) is 5.11 Å². The third-order valence-corrected chi connectivity index (χ3v) is 5.42. The zero-order valence-corrected chi connectivity index (χ0v) is 12.7. The van der Waals surface area contributed by atoms with Crippen LogP contribution in [0.5, 0.6) is 0 Å². The first kappa shape index (κ1) is 14.8. The fraction of sp³-hybridized carbons (Fsp3) is 1.00. The molecule has 0 aromatic rings. The lowest BCUT2D eigenvalue weighted by atomic mass is 9.93. The Hall–Kier alpha value is -0.160. The number of hydrogen-bond acceptors (Lipinski definition) is 4. The van der Waals surface area contributed by atoms with Gasteiger partial charge in [0.1, 0.15) is 0 Å². The van der Waals surface area contributed by atoms with E-state index in [0.29, 0.717) is 12.1 Å². The molecule has 2 aliphatic heterocycles. The summed E-state index contributed by atoms with van der Waals surface area (Å²) in [6, 6.07) is 1.11. The Morgan fingerprint density at radius 2 is 1.55 bits per heavy atom. The van der Waals surface area contributed by atoms with Crippen LogP contribution in [0.4, 0.5) is 0 Å². The highest BCUT2D eigenvalue weighted by atomic mass is 16.5. The van der Waals surface area contributed by atoms with E-state index in [4.69, 9.17) is 4.74 Å². The van der Waals surface area contributed by atoms with Gasteiger partial charge in [-0.25, -0.2) is 0 Å². The number of morpholine rings is 1. The van der Waals surface area contributed by atoms with Crippen LogP contribution in [0.3, 0.4) is 0 Å². The standard InChI is InChI=1S/C16H30N2O2/c19-16-6-4-2-1-3-5-15(16)18-8-7-14(13-18)17-9-11-20-12-10-17/h14-16,19H,1-13H2. The first-order valence-electron chi connectivity index (χ1n) is 8.58. The van der Waals surface area contributed by atoms with E-state index in [1.807, 2.05) is 0 Å². The molecule has 3 unspecified atom stereocenters. The van der Waals surface area contributed by atoms with E-state index in [1.165, 1.54) is 45.1 Å². The van der Waals surface area contributed by atoms with E-state index in [1.54, 1.807) is 0 Å². The summed E-state index contributed by atoms with van der Waals surface area (Å²) in [6.45, 7) is 6.29. The summed E-state index contributed by atoms with van der Waals surface area (Å²) < 4.78 is 5.45. The summed E-state index contributed by atoms with van der Waals surface area (Å²) in [5.74, 6) is 0. The van der Waals surface area contributed by atoms with Gasteiger partial charge in [0.15, 0.2) is 0 Å². The van der Waals surface area contributed by atoms with Crippen LogP contribution >= 0.6 is 0 Å². The number of likely N-dealkylation sites (tertiary alicyclic amines) is 1. The van der Waals surface area contributed by atoms with Crippen LogP contribution in [0.1, 0.15) is 44.9 Å². The van der Waals surface area contributed by atoms with Crippen molar-refractivity contribution in [2.24, 2.45) is 0 Å². The van der Waals surface area contributed by atoms with Gasteiger partial charge in [-0.05, 0) is 19.3 Å². The van der Waals surface area contributed by atoms with Crippen LogP contribution in [0, 0.1) is 0 Å². The molecule has 2 saturated heterocycles. The quantitative estimate of drug-likeness (QED) is 0.832. The number of aliphatic hydroxyl groups is 1. The normalized spacial score (nSPS) is 38.5. The molecule has 0 spiro atoms. The maximum atomic E-state index is 10.5. The summed E-state index contributed by atoms with van der Waals surface area (Å²) in [5.41, 5.74) is 0. The van der Waals surface area contributed by atoms with Crippen molar-refractivity contribution in [3.63, 3.8) is 0 Å². The van der Waals surface area contributed by atoms with Crippen molar-refractivity contribution in [2.75, 3.05) is 39.4 Å². The lowest BCUT2D eigenvalue weighted by Gasteiger charge is -2.35. The van der Waals surface area contributed by atoms with Crippen molar-refractivity contribution in [1.82, 2.24) is 9.80 Å². The molecule has 4 nitrogen and oxygen atoms in total. The Labute approximate surface area is 123 Å². The van der Waals surface area contributed by atoms with E-state index in [-0.39, 0.29) is 6.10 Å². The highest BCUT2D eigenvalue weighted by molar-refractivity contribution is 4.90. The Kier molecular flexibility index (Phi) is 5.32. The first-order valence-corrected chi connectivity index (χ1v) is 8.58. The van der Waals surface area contributed by atoms with Crippen LogP contribution in [0.15, 0.2) is 0 Å². The first-order chi connectivity index (χ1) is 9.84. The summed E-state index contributed by atoms with van der Waals surface area (Å²) >= 11 is 0. The summed E-state index contributed by atoms with van der Waals surface area (Å²) in [4.78, 5) is 5.18. The molecule has 0 aromatic heterocycles. The number of ether oxygens (including phenoxy) is 1. The third kappa shape index (κ3) is 3.53. The molecular formula is C16H30N2O2. The fourth-order valence-electron chi connectivity index (χ4n) is 4.18. The van der Waals surface area contributed by atoms with Crippen molar-refractivity contribution in [3.05, 3.63) is 0 Å². The minimum absolute atomic E-state index is 0.0984. The number of rotatable bonds is 2. The highest BCUT2D eigenvalue weighted by Crippen LogP contribution is 2.26. The largest absolute Gasteiger partial charge is 0.391 e. The van der Waals surface area contributed by atoms with Gasteiger partial charge >= 0.3 is 0 Å². The Morgan fingerprint density at radius 3 is 2.35 bits per heavy atom. The molecule has 0 aromatic carbocycles. The predicted octanol–water partition coefficient (Wildman–Crippen LogP) is 1.48. The molecule has 0 bridgehead atoms. The van der Waals surface area contributed by atoms with Crippen LogP contribution in [0.25, 0.3) is 0 Å². The van der Waals surface area contributed by atoms with Crippen molar-refractivity contribution in [3.8, 4) is 0 Å². The maximum Gasteiger partial charge on any atom is 0.0695 e. The summed E-state index contributed by atoms with van der Waals surface area (Å²) in [6.07, 6.45) is 8.52. The Bertz CT molecular complexity index is 294. The molecule has 1 N–H and O–H groups in total. The molecule has 3 atom stereocenters. The number of nitrogens with zero attached hydrogens (tertiary/aromatic N) is 2. The van der Waals surface area contributed by atoms with Gasteiger partial charge in [0.2, 0.25) is 0 Å². The van der Waals surface area contributed by atoms with Gasteiger partial charge in [0, 0.05) is 38.3 Å². The van der Waals surface area contributed by atoms with E-state index in [2.05, 4.69) is 9.80 Å². The van der Waals surface area contributed by atoms with E-state index in [0.717, 1.165) is 39.3 Å².